The summed E-state index contributed by atoms with van der Waals surface area (Å²) in [5.74, 6) is 0. The first-order valence-corrected chi connectivity index (χ1v) is 6.97. The first-order valence-electron chi connectivity index (χ1n) is 5.90. The maximum absolute atomic E-state index is 10.7. The molecule has 0 radical (unpaired) electrons. The van der Waals surface area contributed by atoms with Crippen LogP contribution in [0.1, 0.15) is 19.8 Å². The molecule has 0 bridgehead atoms. The van der Waals surface area contributed by atoms with E-state index in [1.54, 1.807) is 12.1 Å². The Kier molecular flexibility index (Phi) is 6.34. The Morgan fingerprint density at radius 2 is 2.17 bits per heavy atom. The second-order valence-corrected chi connectivity index (χ2v) is 5.12. The van der Waals surface area contributed by atoms with E-state index in [0.29, 0.717) is 10.1 Å². The molecule has 0 unspecified atom stereocenters. The van der Waals surface area contributed by atoms with E-state index in [1.165, 1.54) is 6.07 Å². The third kappa shape index (κ3) is 4.09. The maximum atomic E-state index is 10.7. The summed E-state index contributed by atoms with van der Waals surface area (Å²) in [6, 6.07) is 5.06. The number of aliphatic hydroxyl groups excluding tert-OH is 1. The number of halogens is 1. The molecule has 0 saturated carbocycles. The van der Waals surface area contributed by atoms with Crippen LogP contribution in [0.15, 0.2) is 18.2 Å². The Balaban J connectivity index is 2.91. The summed E-state index contributed by atoms with van der Waals surface area (Å²) in [6.45, 7) is 3.59. The number of rotatable bonds is 7. The van der Waals surface area contributed by atoms with Crippen LogP contribution in [0.5, 0.6) is 0 Å². The second kappa shape index (κ2) is 7.52. The Morgan fingerprint density at radius 3 is 2.67 bits per heavy atom. The molecule has 0 aromatic heterocycles. The van der Waals surface area contributed by atoms with E-state index < -0.39 is 0 Å². The predicted molar refractivity (Wildman–Crippen MR) is 80.0 cm³/mol. The van der Waals surface area contributed by atoms with E-state index in [1.807, 2.05) is 22.6 Å². The van der Waals surface area contributed by atoms with Crippen molar-refractivity contribution in [2.45, 2.75) is 19.8 Å². The van der Waals surface area contributed by atoms with Crippen LogP contribution in [-0.4, -0.2) is 29.7 Å². The van der Waals surface area contributed by atoms with Gasteiger partial charge in [-0.1, -0.05) is 13.3 Å². The zero-order valence-electron chi connectivity index (χ0n) is 10.3. The van der Waals surface area contributed by atoms with E-state index in [2.05, 4.69) is 11.8 Å². The van der Waals surface area contributed by atoms with Crippen LogP contribution in [0.3, 0.4) is 0 Å². The van der Waals surface area contributed by atoms with Gasteiger partial charge in [0.05, 0.1) is 15.1 Å². The molecule has 1 N–H and O–H groups in total. The van der Waals surface area contributed by atoms with E-state index in [4.69, 9.17) is 5.11 Å². The zero-order valence-corrected chi connectivity index (χ0v) is 12.5. The van der Waals surface area contributed by atoms with Crippen molar-refractivity contribution in [3.63, 3.8) is 0 Å². The summed E-state index contributed by atoms with van der Waals surface area (Å²) < 4.78 is 0.620. The summed E-state index contributed by atoms with van der Waals surface area (Å²) in [7, 11) is 0. The first-order chi connectivity index (χ1) is 8.60. The van der Waals surface area contributed by atoms with Crippen molar-refractivity contribution in [1.82, 2.24) is 0 Å². The molecule has 18 heavy (non-hydrogen) atoms. The number of nitro groups is 1. The molecule has 1 rings (SSSR count). The Morgan fingerprint density at radius 1 is 1.44 bits per heavy atom. The standard InChI is InChI=1S/C12H17IN2O3/c1-2-3-6-14(7-8-16)10-4-5-12(15(17)18)11(13)9-10/h4-5,9,16H,2-3,6-8H2,1H3. The molecule has 0 saturated heterocycles. The lowest BCUT2D eigenvalue weighted by atomic mass is 10.2. The van der Waals surface area contributed by atoms with Gasteiger partial charge in [0.1, 0.15) is 0 Å². The van der Waals surface area contributed by atoms with Crippen molar-refractivity contribution in [3.8, 4) is 0 Å². The van der Waals surface area contributed by atoms with Crippen LogP contribution in [0.25, 0.3) is 0 Å². The van der Waals surface area contributed by atoms with Gasteiger partial charge in [-0.05, 0) is 41.1 Å². The molecule has 0 aliphatic rings. The molecule has 0 fully saturated rings. The van der Waals surface area contributed by atoms with E-state index in [9.17, 15) is 10.1 Å². The van der Waals surface area contributed by atoms with Gasteiger partial charge in [0.15, 0.2) is 0 Å². The molecule has 0 heterocycles. The second-order valence-electron chi connectivity index (χ2n) is 3.96. The number of nitro benzene ring substituents is 1. The highest BCUT2D eigenvalue weighted by atomic mass is 127. The third-order valence-electron chi connectivity index (χ3n) is 2.64. The minimum Gasteiger partial charge on any atom is -0.395 e. The van der Waals surface area contributed by atoms with Gasteiger partial charge in [-0.2, -0.15) is 0 Å². The van der Waals surface area contributed by atoms with Crippen molar-refractivity contribution in [2.24, 2.45) is 0 Å². The molecule has 1 aromatic rings. The number of hydrogen-bond donors (Lipinski definition) is 1. The van der Waals surface area contributed by atoms with Gasteiger partial charge in [-0.15, -0.1) is 0 Å². The Hall–Kier alpha value is -0.890. The lowest BCUT2D eigenvalue weighted by Gasteiger charge is -2.23. The van der Waals surface area contributed by atoms with Crippen LogP contribution < -0.4 is 4.90 Å². The van der Waals surface area contributed by atoms with Crippen LogP contribution in [0, 0.1) is 13.7 Å². The lowest BCUT2D eigenvalue weighted by molar-refractivity contribution is -0.385. The van der Waals surface area contributed by atoms with E-state index in [-0.39, 0.29) is 17.2 Å². The lowest BCUT2D eigenvalue weighted by Crippen LogP contribution is -2.27. The normalized spacial score (nSPS) is 10.4. The smallest absolute Gasteiger partial charge is 0.282 e. The molecule has 6 heteroatoms. The number of nitrogens with zero attached hydrogens (tertiary/aromatic N) is 2. The molecule has 0 atom stereocenters. The van der Waals surface area contributed by atoms with Gasteiger partial charge in [-0.25, -0.2) is 0 Å². The van der Waals surface area contributed by atoms with Gasteiger partial charge < -0.3 is 10.0 Å². The van der Waals surface area contributed by atoms with Crippen molar-refractivity contribution < 1.29 is 10.0 Å². The van der Waals surface area contributed by atoms with E-state index >= 15 is 0 Å². The fraction of sp³-hybridized carbons (Fsp3) is 0.500. The summed E-state index contributed by atoms with van der Waals surface area (Å²) in [5, 5.41) is 19.8. The van der Waals surface area contributed by atoms with Crippen LogP contribution >= 0.6 is 22.6 Å². The largest absolute Gasteiger partial charge is 0.395 e. The molecule has 0 amide bonds. The average Bonchev–Trinajstić information content (AvgIpc) is 2.33. The number of benzene rings is 1. The SMILES string of the molecule is CCCCN(CCO)c1ccc([N+](=O)[O-])c(I)c1. The highest BCUT2D eigenvalue weighted by Crippen LogP contribution is 2.26. The fourth-order valence-corrected chi connectivity index (χ4v) is 2.38. The summed E-state index contributed by atoms with van der Waals surface area (Å²) in [6.07, 6.45) is 2.11. The molecule has 0 spiro atoms. The quantitative estimate of drug-likeness (QED) is 0.459. The summed E-state index contributed by atoms with van der Waals surface area (Å²) >= 11 is 1.97. The van der Waals surface area contributed by atoms with Gasteiger partial charge in [0.25, 0.3) is 5.69 Å². The highest BCUT2D eigenvalue weighted by molar-refractivity contribution is 14.1. The summed E-state index contributed by atoms with van der Waals surface area (Å²) in [4.78, 5) is 12.4. The van der Waals surface area contributed by atoms with Gasteiger partial charge in [0, 0.05) is 24.8 Å². The maximum Gasteiger partial charge on any atom is 0.282 e. The predicted octanol–water partition coefficient (Wildman–Crippen LogP) is 2.80. The molecule has 0 aliphatic carbocycles. The number of anilines is 1. The summed E-state index contributed by atoms with van der Waals surface area (Å²) in [5.41, 5.74) is 1.05. The van der Waals surface area contributed by atoms with E-state index in [0.717, 1.165) is 25.1 Å². The molecule has 5 nitrogen and oxygen atoms in total. The Labute approximate surface area is 120 Å². The van der Waals surface area contributed by atoms with Crippen molar-refractivity contribution in [3.05, 3.63) is 31.9 Å². The number of unbranched alkanes of at least 4 members (excludes halogenated alkanes) is 1. The minimum absolute atomic E-state index is 0.0806. The third-order valence-corrected chi connectivity index (χ3v) is 3.51. The molecular weight excluding hydrogens is 347 g/mol. The molecule has 1 aromatic carbocycles. The van der Waals surface area contributed by atoms with Crippen LogP contribution in [0.2, 0.25) is 0 Å². The zero-order chi connectivity index (χ0) is 13.5. The Bertz CT molecular complexity index is 412. The topological polar surface area (TPSA) is 66.6 Å². The number of hydrogen-bond acceptors (Lipinski definition) is 4. The fourth-order valence-electron chi connectivity index (χ4n) is 1.68. The average molecular weight is 364 g/mol. The van der Waals surface area contributed by atoms with Gasteiger partial charge in [-0.3, -0.25) is 10.1 Å². The first kappa shape index (κ1) is 15.2. The monoisotopic (exact) mass is 364 g/mol. The molecular formula is C12H17IN2O3. The highest BCUT2D eigenvalue weighted by Gasteiger charge is 2.14. The number of aliphatic hydroxyl groups is 1. The van der Waals surface area contributed by atoms with Crippen LogP contribution in [0.4, 0.5) is 11.4 Å². The van der Waals surface area contributed by atoms with Crippen molar-refractivity contribution >= 4 is 34.0 Å². The van der Waals surface area contributed by atoms with Crippen molar-refractivity contribution in [2.75, 3.05) is 24.6 Å². The van der Waals surface area contributed by atoms with Gasteiger partial charge >= 0.3 is 0 Å². The van der Waals surface area contributed by atoms with Gasteiger partial charge in [0.2, 0.25) is 0 Å². The molecule has 0 aliphatic heterocycles. The van der Waals surface area contributed by atoms with Crippen molar-refractivity contribution in [1.29, 1.82) is 0 Å². The molecule has 100 valence electrons. The minimum atomic E-state index is -0.381. The van der Waals surface area contributed by atoms with Crippen LogP contribution in [-0.2, 0) is 0 Å².